The molecule has 1 unspecified atom stereocenters. The molecule has 1 N–H and O–H groups in total. The molecule has 0 amide bonds. The van der Waals surface area contributed by atoms with Crippen molar-refractivity contribution in [3.8, 4) is 0 Å². The second kappa shape index (κ2) is 3.84. The maximum Gasteiger partial charge on any atom is 0.0417 e. The van der Waals surface area contributed by atoms with Gasteiger partial charge in [-0.1, -0.05) is 33.6 Å². The molecule has 0 aliphatic carbocycles. The standard InChI is InChI=1S/C11H13BrClN/c1-11(5-2-6-14-11)9-4-3-8(13)7-10(9)12/h3-4,7,14H,2,5-6H2,1H3. The maximum atomic E-state index is 5.92. The summed E-state index contributed by atoms with van der Waals surface area (Å²) >= 11 is 9.49. The summed E-state index contributed by atoms with van der Waals surface area (Å²) in [6.45, 7) is 3.35. The molecule has 14 heavy (non-hydrogen) atoms. The molecule has 2 rings (SSSR count). The van der Waals surface area contributed by atoms with Crippen LogP contribution in [0.5, 0.6) is 0 Å². The second-order valence-corrected chi connectivity index (χ2v) is 5.28. The zero-order chi connectivity index (χ0) is 10.2. The molecule has 1 atom stereocenters. The molecular formula is C11H13BrClN. The topological polar surface area (TPSA) is 12.0 Å². The molecule has 0 saturated carbocycles. The Morgan fingerprint density at radius 2 is 2.29 bits per heavy atom. The van der Waals surface area contributed by atoms with E-state index in [0.29, 0.717) is 0 Å². The van der Waals surface area contributed by atoms with E-state index in [0.717, 1.165) is 16.0 Å². The van der Waals surface area contributed by atoms with Crippen LogP contribution in [-0.4, -0.2) is 6.54 Å². The number of benzene rings is 1. The van der Waals surface area contributed by atoms with Crippen LogP contribution >= 0.6 is 27.5 Å². The average molecular weight is 275 g/mol. The fourth-order valence-corrected chi connectivity index (χ4v) is 3.18. The van der Waals surface area contributed by atoms with Gasteiger partial charge in [0.05, 0.1) is 0 Å². The SMILES string of the molecule is CC1(c2ccc(Cl)cc2Br)CCCN1. The van der Waals surface area contributed by atoms with E-state index in [1.807, 2.05) is 12.1 Å². The molecule has 0 aromatic heterocycles. The lowest BCUT2D eigenvalue weighted by molar-refractivity contribution is 0.433. The Bertz CT molecular complexity index is 345. The average Bonchev–Trinajstić information content (AvgIpc) is 2.52. The van der Waals surface area contributed by atoms with Gasteiger partial charge < -0.3 is 5.32 Å². The monoisotopic (exact) mass is 273 g/mol. The van der Waals surface area contributed by atoms with Crippen molar-refractivity contribution in [1.82, 2.24) is 5.32 Å². The van der Waals surface area contributed by atoms with Gasteiger partial charge in [0.2, 0.25) is 0 Å². The third kappa shape index (κ3) is 1.83. The summed E-state index contributed by atoms with van der Waals surface area (Å²) in [5.74, 6) is 0. The van der Waals surface area contributed by atoms with E-state index >= 15 is 0 Å². The second-order valence-electron chi connectivity index (χ2n) is 3.99. The van der Waals surface area contributed by atoms with Gasteiger partial charge in [0.1, 0.15) is 0 Å². The quantitative estimate of drug-likeness (QED) is 0.823. The largest absolute Gasteiger partial charge is 0.308 e. The Hall–Kier alpha value is -0.0500. The van der Waals surface area contributed by atoms with Crippen molar-refractivity contribution >= 4 is 27.5 Å². The first-order valence-electron chi connectivity index (χ1n) is 4.82. The molecule has 3 heteroatoms. The van der Waals surface area contributed by atoms with E-state index in [2.05, 4.69) is 34.2 Å². The minimum absolute atomic E-state index is 0.115. The highest BCUT2D eigenvalue weighted by molar-refractivity contribution is 9.10. The predicted molar refractivity (Wildman–Crippen MR) is 63.7 cm³/mol. The highest BCUT2D eigenvalue weighted by Gasteiger charge is 2.31. The number of hydrogen-bond donors (Lipinski definition) is 1. The fourth-order valence-electron chi connectivity index (χ4n) is 2.06. The van der Waals surface area contributed by atoms with Crippen molar-refractivity contribution in [3.63, 3.8) is 0 Å². The number of rotatable bonds is 1. The Kier molecular flexibility index (Phi) is 2.87. The molecule has 0 spiro atoms. The zero-order valence-corrected chi connectivity index (χ0v) is 10.5. The normalized spacial score (nSPS) is 26.8. The van der Waals surface area contributed by atoms with Gasteiger partial charge in [-0.2, -0.15) is 0 Å². The van der Waals surface area contributed by atoms with E-state index in [4.69, 9.17) is 11.6 Å². The van der Waals surface area contributed by atoms with E-state index in [9.17, 15) is 0 Å². The minimum Gasteiger partial charge on any atom is -0.308 e. The van der Waals surface area contributed by atoms with Crippen molar-refractivity contribution in [3.05, 3.63) is 33.3 Å². The molecule has 1 fully saturated rings. The molecule has 1 nitrogen and oxygen atoms in total. The summed E-state index contributed by atoms with van der Waals surface area (Å²) in [7, 11) is 0. The highest BCUT2D eigenvalue weighted by Crippen LogP contribution is 2.36. The van der Waals surface area contributed by atoms with Crippen LogP contribution in [0.15, 0.2) is 22.7 Å². The van der Waals surface area contributed by atoms with Crippen molar-refractivity contribution < 1.29 is 0 Å². The first-order valence-corrected chi connectivity index (χ1v) is 5.99. The van der Waals surface area contributed by atoms with Gasteiger partial charge in [-0.15, -0.1) is 0 Å². The van der Waals surface area contributed by atoms with Gasteiger partial charge >= 0.3 is 0 Å². The molecule has 1 heterocycles. The van der Waals surface area contributed by atoms with Crippen LogP contribution in [0.4, 0.5) is 0 Å². The Labute approximate surface area is 98.0 Å². The lowest BCUT2D eigenvalue weighted by Gasteiger charge is -2.26. The van der Waals surface area contributed by atoms with Gasteiger partial charge in [-0.05, 0) is 44.0 Å². The molecule has 0 bridgehead atoms. The predicted octanol–water partition coefficient (Wildman–Crippen LogP) is 3.70. The fraction of sp³-hybridized carbons (Fsp3) is 0.455. The molecule has 1 aromatic carbocycles. The molecular weight excluding hydrogens is 261 g/mol. The summed E-state index contributed by atoms with van der Waals surface area (Å²) in [6.07, 6.45) is 2.43. The first kappa shape index (κ1) is 10.5. The lowest BCUT2D eigenvalue weighted by Crippen LogP contribution is -2.33. The summed E-state index contributed by atoms with van der Waals surface area (Å²) < 4.78 is 1.10. The molecule has 1 aromatic rings. The zero-order valence-electron chi connectivity index (χ0n) is 8.11. The Morgan fingerprint density at radius 3 is 2.86 bits per heavy atom. The van der Waals surface area contributed by atoms with Crippen LogP contribution in [0.2, 0.25) is 5.02 Å². The summed E-state index contributed by atoms with van der Waals surface area (Å²) in [5, 5.41) is 4.32. The van der Waals surface area contributed by atoms with Gasteiger partial charge in [0.25, 0.3) is 0 Å². The molecule has 0 radical (unpaired) electrons. The van der Waals surface area contributed by atoms with Crippen LogP contribution < -0.4 is 5.32 Å². The lowest BCUT2D eigenvalue weighted by atomic mass is 9.91. The van der Waals surface area contributed by atoms with E-state index in [-0.39, 0.29) is 5.54 Å². The Balaban J connectivity index is 2.40. The third-order valence-corrected chi connectivity index (χ3v) is 3.79. The van der Waals surface area contributed by atoms with Crippen LogP contribution in [-0.2, 0) is 5.54 Å². The summed E-state index contributed by atoms with van der Waals surface area (Å²) in [6, 6.07) is 6.01. The van der Waals surface area contributed by atoms with Crippen LogP contribution in [0.25, 0.3) is 0 Å². The molecule has 1 saturated heterocycles. The summed E-state index contributed by atoms with van der Waals surface area (Å²) in [4.78, 5) is 0. The maximum absolute atomic E-state index is 5.92. The van der Waals surface area contributed by atoms with Crippen molar-refractivity contribution in [1.29, 1.82) is 0 Å². The highest BCUT2D eigenvalue weighted by atomic mass is 79.9. The third-order valence-electron chi connectivity index (χ3n) is 2.89. The van der Waals surface area contributed by atoms with Crippen molar-refractivity contribution in [2.24, 2.45) is 0 Å². The van der Waals surface area contributed by atoms with Gasteiger partial charge in [-0.3, -0.25) is 0 Å². The molecule has 1 aliphatic heterocycles. The van der Waals surface area contributed by atoms with Crippen LogP contribution in [0.1, 0.15) is 25.3 Å². The van der Waals surface area contributed by atoms with Gasteiger partial charge in [0.15, 0.2) is 0 Å². The van der Waals surface area contributed by atoms with Gasteiger partial charge in [0, 0.05) is 15.0 Å². The van der Waals surface area contributed by atoms with Crippen LogP contribution in [0.3, 0.4) is 0 Å². The van der Waals surface area contributed by atoms with Crippen molar-refractivity contribution in [2.75, 3.05) is 6.54 Å². The number of nitrogens with one attached hydrogen (secondary N) is 1. The van der Waals surface area contributed by atoms with Crippen LogP contribution in [0, 0.1) is 0 Å². The molecule has 76 valence electrons. The minimum atomic E-state index is 0.115. The smallest absolute Gasteiger partial charge is 0.0417 e. The van der Waals surface area contributed by atoms with E-state index < -0.39 is 0 Å². The molecule has 1 aliphatic rings. The first-order chi connectivity index (χ1) is 6.62. The number of halogens is 2. The summed E-state index contributed by atoms with van der Waals surface area (Å²) in [5.41, 5.74) is 1.42. The Morgan fingerprint density at radius 1 is 1.50 bits per heavy atom. The van der Waals surface area contributed by atoms with E-state index in [1.165, 1.54) is 18.4 Å². The van der Waals surface area contributed by atoms with Crippen molar-refractivity contribution in [2.45, 2.75) is 25.3 Å². The van der Waals surface area contributed by atoms with E-state index in [1.54, 1.807) is 0 Å². The van der Waals surface area contributed by atoms with Gasteiger partial charge in [-0.25, -0.2) is 0 Å². The number of hydrogen-bond acceptors (Lipinski definition) is 1.